The molecule has 1 aliphatic carbocycles. The Labute approximate surface area is 79.1 Å². The molecule has 0 radical (unpaired) electrons. The number of nitrogens with one attached hydrogen (secondary N) is 1. The number of rotatable bonds is 2. The topological polar surface area (TPSA) is 38.0 Å². The highest BCUT2D eigenvalue weighted by molar-refractivity contribution is 5.71. The molecular weight excluding hydrogens is 160 g/mol. The Morgan fingerprint density at radius 3 is 2.62 bits per heavy atom. The van der Waals surface area contributed by atoms with Crippen LogP contribution in [0, 0.1) is 13.8 Å². The maximum absolute atomic E-state index is 5.97. The van der Waals surface area contributed by atoms with Crippen molar-refractivity contribution in [1.29, 1.82) is 0 Å². The molecule has 0 heterocycles. The summed E-state index contributed by atoms with van der Waals surface area (Å²) in [4.78, 5) is 0. The van der Waals surface area contributed by atoms with Crippen molar-refractivity contribution in [3.8, 4) is 0 Å². The molecule has 0 aliphatic heterocycles. The molecule has 1 aliphatic rings. The summed E-state index contributed by atoms with van der Waals surface area (Å²) < 4.78 is 0. The van der Waals surface area contributed by atoms with Crippen LogP contribution in [0.5, 0.6) is 0 Å². The van der Waals surface area contributed by atoms with Crippen LogP contribution < -0.4 is 11.1 Å². The van der Waals surface area contributed by atoms with E-state index in [9.17, 15) is 0 Å². The summed E-state index contributed by atoms with van der Waals surface area (Å²) in [5, 5.41) is 3.44. The van der Waals surface area contributed by atoms with Crippen LogP contribution in [-0.4, -0.2) is 6.04 Å². The van der Waals surface area contributed by atoms with Crippen molar-refractivity contribution < 1.29 is 0 Å². The predicted octanol–water partition coefficient (Wildman–Crippen LogP) is 2.46. The lowest BCUT2D eigenvalue weighted by Crippen LogP contribution is -2.05. The van der Waals surface area contributed by atoms with Crippen LogP contribution >= 0.6 is 0 Å². The number of hydrogen-bond acceptors (Lipinski definition) is 2. The highest BCUT2D eigenvalue weighted by Crippen LogP contribution is 2.30. The van der Waals surface area contributed by atoms with Crippen LogP contribution in [0.25, 0.3) is 0 Å². The van der Waals surface area contributed by atoms with E-state index in [1.807, 2.05) is 0 Å². The van der Waals surface area contributed by atoms with Gasteiger partial charge in [0.1, 0.15) is 0 Å². The van der Waals surface area contributed by atoms with Crippen LogP contribution in [0.15, 0.2) is 12.1 Å². The predicted molar refractivity (Wildman–Crippen MR) is 57.0 cm³/mol. The lowest BCUT2D eigenvalue weighted by Gasteiger charge is -2.11. The van der Waals surface area contributed by atoms with E-state index in [0.29, 0.717) is 6.04 Å². The second-order valence-electron chi connectivity index (χ2n) is 3.96. The van der Waals surface area contributed by atoms with Crippen LogP contribution in [-0.2, 0) is 0 Å². The minimum atomic E-state index is 0.670. The Hall–Kier alpha value is -1.18. The molecule has 0 bridgehead atoms. The summed E-state index contributed by atoms with van der Waals surface area (Å²) in [5.74, 6) is 0. The molecule has 2 nitrogen and oxygen atoms in total. The molecule has 13 heavy (non-hydrogen) atoms. The molecule has 3 N–H and O–H groups in total. The van der Waals surface area contributed by atoms with Crippen molar-refractivity contribution in [2.45, 2.75) is 32.7 Å². The summed E-state index contributed by atoms with van der Waals surface area (Å²) >= 11 is 0. The highest BCUT2D eigenvalue weighted by atomic mass is 15.0. The molecule has 2 rings (SSSR count). The van der Waals surface area contributed by atoms with Crippen molar-refractivity contribution in [2.75, 3.05) is 11.1 Å². The van der Waals surface area contributed by atoms with E-state index in [4.69, 9.17) is 5.73 Å². The van der Waals surface area contributed by atoms with E-state index in [2.05, 4.69) is 31.3 Å². The lowest BCUT2D eigenvalue weighted by atomic mass is 10.1. The normalized spacial score (nSPS) is 15.8. The van der Waals surface area contributed by atoms with Gasteiger partial charge in [-0.1, -0.05) is 6.07 Å². The van der Waals surface area contributed by atoms with Gasteiger partial charge >= 0.3 is 0 Å². The zero-order valence-electron chi connectivity index (χ0n) is 8.22. The molecule has 0 spiro atoms. The van der Waals surface area contributed by atoms with Gasteiger partial charge in [-0.2, -0.15) is 0 Å². The van der Waals surface area contributed by atoms with E-state index in [0.717, 1.165) is 11.4 Å². The highest BCUT2D eigenvalue weighted by Gasteiger charge is 2.21. The fourth-order valence-corrected chi connectivity index (χ4v) is 1.55. The molecule has 1 aromatic carbocycles. The fourth-order valence-electron chi connectivity index (χ4n) is 1.55. The molecule has 0 saturated heterocycles. The minimum Gasteiger partial charge on any atom is -0.397 e. The molecular formula is C11H16N2. The Morgan fingerprint density at radius 1 is 1.31 bits per heavy atom. The Bertz CT molecular complexity index is 327. The largest absolute Gasteiger partial charge is 0.397 e. The number of benzene rings is 1. The molecule has 2 heteroatoms. The third-order valence-electron chi connectivity index (χ3n) is 2.47. The summed E-state index contributed by atoms with van der Waals surface area (Å²) in [7, 11) is 0. The van der Waals surface area contributed by atoms with Crippen molar-refractivity contribution in [3.63, 3.8) is 0 Å². The van der Waals surface area contributed by atoms with E-state index in [-0.39, 0.29) is 0 Å². The zero-order valence-corrected chi connectivity index (χ0v) is 8.22. The summed E-state index contributed by atoms with van der Waals surface area (Å²) in [5.41, 5.74) is 10.4. The molecule has 1 saturated carbocycles. The third kappa shape index (κ3) is 1.77. The number of nitrogen functional groups attached to an aromatic ring is 1. The average molecular weight is 176 g/mol. The summed E-state index contributed by atoms with van der Waals surface area (Å²) in [6, 6.07) is 4.91. The molecule has 70 valence electrons. The molecule has 0 aromatic heterocycles. The van der Waals surface area contributed by atoms with Gasteiger partial charge in [0.25, 0.3) is 0 Å². The monoisotopic (exact) mass is 176 g/mol. The molecule has 1 fully saturated rings. The maximum atomic E-state index is 5.97. The number of hydrogen-bond donors (Lipinski definition) is 2. The van der Waals surface area contributed by atoms with Gasteiger partial charge < -0.3 is 11.1 Å². The van der Waals surface area contributed by atoms with Crippen molar-refractivity contribution in [1.82, 2.24) is 0 Å². The standard InChI is InChI=1S/C11H16N2/c1-7-5-8(2)11(12)10(6-7)13-9-3-4-9/h5-6,9,13H,3-4,12H2,1-2H3. The molecule has 1 aromatic rings. The lowest BCUT2D eigenvalue weighted by molar-refractivity contribution is 1.15. The van der Waals surface area contributed by atoms with E-state index < -0.39 is 0 Å². The Morgan fingerprint density at radius 2 is 2.00 bits per heavy atom. The number of nitrogens with two attached hydrogens (primary N) is 1. The maximum Gasteiger partial charge on any atom is 0.0581 e. The van der Waals surface area contributed by atoms with Gasteiger partial charge in [0.05, 0.1) is 11.4 Å². The van der Waals surface area contributed by atoms with Crippen LogP contribution in [0.3, 0.4) is 0 Å². The van der Waals surface area contributed by atoms with Gasteiger partial charge in [0, 0.05) is 6.04 Å². The smallest absolute Gasteiger partial charge is 0.0581 e. The first kappa shape index (κ1) is 8.42. The first-order valence-corrected chi connectivity index (χ1v) is 4.80. The van der Waals surface area contributed by atoms with Gasteiger partial charge in [0.15, 0.2) is 0 Å². The first-order valence-electron chi connectivity index (χ1n) is 4.80. The minimum absolute atomic E-state index is 0.670. The molecule has 0 atom stereocenters. The quantitative estimate of drug-likeness (QED) is 0.679. The molecule has 0 unspecified atom stereocenters. The fraction of sp³-hybridized carbons (Fsp3) is 0.455. The van der Waals surface area contributed by atoms with Crippen LogP contribution in [0.4, 0.5) is 11.4 Å². The van der Waals surface area contributed by atoms with Gasteiger partial charge in [-0.25, -0.2) is 0 Å². The van der Waals surface area contributed by atoms with Gasteiger partial charge in [-0.3, -0.25) is 0 Å². The third-order valence-corrected chi connectivity index (χ3v) is 2.47. The van der Waals surface area contributed by atoms with E-state index in [1.165, 1.54) is 24.0 Å². The second kappa shape index (κ2) is 2.95. The van der Waals surface area contributed by atoms with Crippen LogP contribution in [0.1, 0.15) is 24.0 Å². The number of aryl methyl sites for hydroxylation is 2. The van der Waals surface area contributed by atoms with E-state index in [1.54, 1.807) is 0 Å². The van der Waals surface area contributed by atoms with Gasteiger partial charge in [-0.15, -0.1) is 0 Å². The summed E-state index contributed by atoms with van der Waals surface area (Å²) in [6.45, 7) is 4.16. The van der Waals surface area contributed by atoms with Crippen LogP contribution in [0.2, 0.25) is 0 Å². The van der Waals surface area contributed by atoms with Gasteiger partial charge in [-0.05, 0) is 43.9 Å². The molecule has 0 amide bonds. The Balaban J connectivity index is 2.30. The first-order chi connectivity index (χ1) is 6.16. The Kier molecular flexibility index (Phi) is 1.91. The van der Waals surface area contributed by atoms with Crippen molar-refractivity contribution in [2.24, 2.45) is 0 Å². The van der Waals surface area contributed by atoms with Crippen molar-refractivity contribution in [3.05, 3.63) is 23.3 Å². The average Bonchev–Trinajstić information content (AvgIpc) is 2.83. The van der Waals surface area contributed by atoms with E-state index >= 15 is 0 Å². The van der Waals surface area contributed by atoms with Gasteiger partial charge in [0.2, 0.25) is 0 Å². The van der Waals surface area contributed by atoms with Crippen molar-refractivity contribution >= 4 is 11.4 Å². The summed E-state index contributed by atoms with van der Waals surface area (Å²) in [6.07, 6.45) is 2.57. The SMILES string of the molecule is Cc1cc(C)c(N)c(NC2CC2)c1. The second-order valence-corrected chi connectivity index (χ2v) is 3.96. The zero-order chi connectivity index (χ0) is 9.42. The number of anilines is 2.